The van der Waals surface area contributed by atoms with Gasteiger partial charge in [0.15, 0.2) is 18.1 Å². The molecule has 4 rings (SSSR count). The number of allylic oxidation sites excluding steroid dienone is 2. The second kappa shape index (κ2) is 22.6. The van der Waals surface area contributed by atoms with E-state index in [4.69, 9.17) is 18.9 Å². The maximum absolute atomic E-state index is 14.5. The Morgan fingerprint density at radius 3 is 2.40 bits per heavy atom. The molecule has 1 aliphatic rings. The molecule has 310 valence electrons. The summed E-state index contributed by atoms with van der Waals surface area (Å²) in [5, 5.41) is 32.8. The van der Waals surface area contributed by atoms with Gasteiger partial charge in [-0.05, 0) is 78.3 Å². The van der Waals surface area contributed by atoms with Gasteiger partial charge in [0.25, 0.3) is 11.0 Å². The van der Waals surface area contributed by atoms with E-state index in [1.54, 1.807) is 72.8 Å². The summed E-state index contributed by atoms with van der Waals surface area (Å²) in [6, 6.07) is 19.4. The number of nitrogens with one attached hydrogen (secondary N) is 1. The van der Waals surface area contributed by atoms with E-state index < -0.39 is 60.1 Å². The summed E-state index contributed by atoms with van der Waals surface area (Å²) in [5.41, 5.74) is 1.80. The van der Waals surface area contributed by atoms with E-state index in [1.165, 1.54) is 31.4 Å². The first-order valence-electron chi connectivity index (χ1n) is 18.4. The number of unbranched alkanes of at least 4 members (excludes halogenated alkanes) is 1. The molecule has 0 bridgehead atoms. The van der Waals surface area contributed by atoms with E-state index in [0.717, 1.165) is 6.08 Å². The van der Waals surface area contributed by atoms with E-state index in [-0.39, 0.29) is 43.5 Å². The molecule has 16 heteroatoms. The fraction of sp³-hybridized carbons (Fsp3) is 0.357. The Kier molecular flexibility index (Phi) is 17.3. The second-order valence-corrected chi connectivity index (χ2v) is 13.3. The Bertz CT molecular complexity index is 1900. The van der Waals surface area contributed by atoms with Gasteiger partial charge in [0.2, 0.25) is 5.91 Å². The van der Waals surface area contributed by atoms with Crippen LogP contribution >= 0.6 is 0 Å². The second-order valence-electron chi connectivity index (χ2n) is 13.3. The number of nitrogens with zero attached hydrogens (tertiary/aromatic N) is 1. The molecule has 4 atom stereocenters. The maximum Gasteiger partial charge on any atom is 0.331 e. The van der Waals surface area contributed by atoms with Crippen LogP contribution in [0.2, 0.25) is 0 Å². The topological polar surface area (TPSA) is 193 Å². The predicted octanol–water partition coefficient (Wildman–Crippen LogP) is 5.93. The molecule has 1 saturated carbocycles. The first-order valence-corrected chi connectivity index (χ1v) is 18.4. The molecule has 0 saturated heterocycles. The first-order chi connectivity index (χ1) is 27.8. The SMILES string of the molecule is COc1cc(/C=C/C(=O)OCc2ccc(CO[N+](=O)[O-])cc2)ccc1OC(=O)CNC(=O)CCC/C=C\C[C@@H]1[C@@H](/C=C/C(F)(F)COc2ccccc2)[C@H](O)C[C@@H]1O. The number of hydrogen-bond acceptors (Lipinski definition) is 12. The van der Waals surface area contributed by atoms with Crippen molar-refractivity contribution in [2.24, 2.45) is 11.8 Å². The minimum absolute atomic E-state index is 0.0222. The smallest absolute Gasteiger partial charge is 0.331 e. The van der Waals surface area contributed by atoms with Gasteiger partial charge < -0.3 is 39.3 Å². The zero-order valence-electron chi connectivity index (χ0n) is 31.7. The molecule has 0 radical (unpaired) electrons. The van der Waals surface area contributed by atoms with E-state index >= 15 is 0 Å². The van der Waals surface area contributed by atoms with Crippen molar-refractivity contribution in [3.8, 4) is 17.2 Å². The van der Waals surface area contributed by atoms with Gasteiger partial charge in [-0.2, -0.15) is 8.78 Å². The average Bonchev–Trinajstić information content (AvgIpc) is 3.49. The van der Waals surface area contributed by atoms with Crippen molar-refractivity contribution in [3.63, 3.8) is 0 Å². The van der Waals surface area contributed by atoms with Gasteiger partial charge in [0.05, 0.1) is 19.3 Å². The number of hydrogen-bond donors (Lipinski definition) is 3. The Morgan fingerprint density at radius 2 is 1.69 bits per heavy atom. The summed E-state index contributed by atoms with van der Waals surface area (Å²) in [6.45, 7) is -1.47. The Hall–Kier alpha value is -6.13. The van der Waals surface area contributed by atoms with Crippen molar-refractivity contribution in [2.45, 2.75) is 63.4 Å². The number of ether oxygens (including phenoxy) is 4. The zero-order valence-corrected chi connectivity index (χ0v) is 31.7. The summed E-state index contributed by atoms with van der Waals surface area (Å²) in [4.78, 5) is 51.7. The Morgan fingerprint density at radius 1 is 0.966 bits per heavy atom. The maximum atomic E-state index is 14.5. The van der Waals surface area contributed by atoms with Crippen LogP contribution in [0.4, 0.5) is 8.78 Å². The van der Waals surface area contributed by atoms with Crippen LogP contribution in [0.5, 0.6) is 17.2 Å². The van der Waals surface area contributed by atoms with Crippen LogP contribution in [0.25, 0.3) is 6.08 Å². The largest absolute Gasteiger partial charge is 0.493 e. The van der Waals surface area contributed by atoms with Crippen LogP contribution in [-0.4, -0.2) is 71.5 Å². The van der Waals surface area contributed by atoms with Crippen LogP contribution < -0.4 is 19.5 Å². The number of halogens is 2. The van der Waals surface area contributed by atoms with Gasteiger partial charge in [-0.25, -0.2) is 9.59 Å². The molecule has 0 heterocycles. The lowest BCUT2D eigenvalue weighted by Gasteiger charge is -2.20. The molecule has 0 aliphatic heterocycles. The number of carbonyl (C=O) groups excluding carboxylic acids is 3. The highest BCUT2D eigenvalue weighted by molar-refractivity contribution is 5.87. The molecule has 14 nitrogen and oxygen atoms in total. The van der Waals surface area contributed by atoms with E-state index in [2.05, 4.69) is 10.2 Å². The highest BCUT2D eigenvalue weighted by Gasteiger charge is 2.40. The predicted molar refractivity (Wildman–Crippen MR) is 206 cm³/mol. The number of aliphatic hydroxyl groups excluding tert-OH is 2. The molecule has 3 aromatic carbocycles. The summed E-state index contributed by atoms with van der Waals surface area (Å²) < 4.78 is 50.0. The number of amides is 1. The van der Waals surface area contributed by atoms with Gasteiger partial charge >= 0.3 is 11.9 Å². The first kappa shape index (κ1) is 44.6. The highest BCUT2D eigenvalue weighted by atomic mass is 19.3. The third-order valence-electron chi connectivity index (χ3n) is 9.00. The Labute approximate surface area is 333 Å². The number of para-hydroxylation sites is 1. The van der Waals surface area contributed by atoms with Crippen LogP contribution in [0, 0.1) is 22.0 Å². The molecule has 1 amide bonds. The molecular weight excluding hydrogens is 762 g/mol. The van der Waals surface area contributed by atoms with Gasteiger partial charge in [0.1, 0.15) is 25.5 Å². The van der Waals surface area contributed by atoms with Crippen molar-refractivity contribution in [1.82, 2.24) is 5.32 Å². The standard InChI is InChI=1S/C42H46F2N2O12/c1-54-38-23-29(18-20-40(50)55-26-30-13-15-31(16-14-30)27-57-46(52)53)17-19-37(38)58-41(51)25-45-39(49)12-8-3-2-7-11-33-34(36(48)24-35(33)47)21-22-42(43,44)28-56-32-9-5-4-6-10-32/h2,4-7,9-10,13-23,33-36,47-48H,3,8,11-12,24-28H2,1H3,(H,45,49)/b7-2-,20-18+,22-21+/t33-,34-,35+,36-/m1/s1. The quantitative estimate of drug-likeness (QED) is 0.0207. The van der Waals surface area contributed by atoms with Crippen molar-refractivity contribution in [2.75, 3.05) is 20.3 Å². The number of methoxy groups -OCH3 is 1. The molecule has 1 fully saturated rings. The number of benzene rings is 3. The molecule has 0 spiro atoms. The number of carbonyl (C=O) groups is 3. The summed E-state index contributed by atoms with van der Waals surface area (Å²) in [5.74, 6) is -5.52. The van der Waals surface area contributed by atoms with Crippen molar-refractivity contribution >= 4 is 23.9 Å². The van der Waals surface area contributed by atoms with Gasteiger partial charge in [0, 0.05) is 24.8 Å². The lowest BCUT2D eigenvalue weighted by molar-refractivity contribution is -0.763. The van der Waals surface area contributed by atoms with Crippen LogP contribution in [0.15, 0.2) is 103 Å². The molecule has 0 aromatic heterocycles. The molecular formula is C42H46F2N2O12. The summed E-state index contributed by atoms with van der Waals surface area (Å²) in [6.07, 6.45) is 7.95. The third-order valence-corrected chi connectivity index (χ3v) is 9.00. The van der Waals surface area contributed by atoms with Crippen molar-refractivity contribution in [3.05, 3.63) is 130 Å². The number of esters is 2. The molecule has 58 heavy (non-hydrogen) atoms. The van der Waals surface area contributed by atoms with Gasteiger partial charge in [-0.15, -0.1) is 10.1 Å². The lowest BCUT2D eigenvalue weighted by Crippen LogP contribution is -2.31. The lowest BCUT2D eigenvalue weighted by atomic mass is 9.89. The van der Waals surface area contributed by atoms with E-state index in [9.17, 15) is 43.5 Å². The number of aliphatic hydroxyl groups is 2. The Balaban J connectivity index is 1.13. The minimum Gasteiger partial charge on any atom is -0.493 e. The van der Waals surface area contributed by atoms with E-state index in [0.29, 0.717) is 41.7 Å². The normalized spacial score (nSPS) is 18.0. The minimum atomic E-state index is -3.28. The molecule has 3 aromatic rings. The van der Waals surface area contributed by atoms with Gasteiger partial charge in [-0.3, -0.25) is 4.79 Å². The van der Waals surface area contributed by atoms with Crippen LogP contribution in [-0.2, 0) is 37.2 Å². The van der Waals surface area contributed by atoms with Gasteiger partial charge in [-0.1, -0.05) is 66.8 Å². The molecule has 3 N–H and O–H groups in total. The van der Waals surface area contributed by atoms with Crippen molar-refractivity contribution in [1.29, 1.82) is 0 Å². The average molecular weight is 809 g/mol. The monoisotopic (exact) mass is 808 g/mol. The fourth-order valence-corrected chi connectivity index (χ4v) is 5.97. The van der Waals surface area contributed by atoms with E-state index in [1.807, 2.05) is 6.08 Å². The number of rotatable bonds is 22. The van der Waals surface area contributed by atoms with Crippen molar-refractivity contribution < 1.29 is 62.2 Å². The van der Waals surface area contributed by atoms with Crippen LogP contribution in [0.1, 0.15) is 48.8 Å². The molecule has 1 aliphatic carbocycles. The molecule has 0 unspecified atom stereocenters. The highest BCUT2D eigenvalue weighted by Crippen LogP contribution is 2.37. The number of alkyl halides is 2. The summed E-state index contributed by atoms with van der Waals surface area (Å²) in [7, 11) is 1.38. The van der Waals surface area contributed by atoms with Crippen LogP contribution in [0.3, 0.4) is 0 Å². The summed E-state index contributed by atoms with van der Waals surface area (Å²) >= 11 is 0. The fourth-order valence-electron chi connectivity index (χ4n) is 5.97. The zero-order chi connectivity index (χ0) is 41.9. The third kappa shape index (κ3) is 15.4.